The highest BCUT2D eigenvalue weighted by Gasteiger charge is 2.17. The molecular formula is C7H7ClFNO2S. The van der Waals surface area contributed by atoms with Crippen molar-refractivity contribution in [2.45, 2.75) is 11.8 Å². The van der Waals surface area contributed by atoms with Gasteiger partial charge in [0.05, 0.1) is 5.02 Å². The zero-order valence-corrected chi connectivity index (χ0v) is 8.29. The van der Waals surface area contributed by atoms with Crippen LogP contribution in [0.3, 0.4) is 0 Å². The van der Waals surface area contributed by atoms with Gasteiger partial charge in [-0.2, -0.15) is 8.42 Å². The van der Waals surface area contributed by atoms with Crippen LogP contribution in [0.1, 0.15) is 5.56 Å². The highest BCUT2D eigenvalue weighted by atomic mass is 35.5. The average Bonchev–Trinajstić information content (AvgIpc) is 1.94. The van der Waals surface area contributed by atoms with Crippen molar-refractivity contribution in [3.63, 3.8) is 0 Å². The Morgan fingerprint density at radius 1 is 1.46 bits per heavy atom. The quantitative estimate of drug-likeness (QED) is 0.584. The minimum absolute atomic E-state index is 0.158. The summed E-state index contributed by atoms with van der Waals surface area (Å²) in [5, 5.41) is -0.158. The fourth-order valence-electron chi connectivity index (χ4n) is 0.855. The van der Waals surface area contributed by atoms with Gasteiger partial charge < -0.3 is 5.73 Å². The van der Waals surface area contributed by atoms with E-state index in [1.54, 1.807) is 6.92 Å². The van der Waals surface area contributed by atoms with Crippen LogP contribution in [0.25, 0.3) is 0 Å². The molecule has 3 nitrogen and oxygen atoms in total. The molecule has 0 amide bonds. The molecule has 0 bridgehead atoms. The summed E-state index contributed by atoms with van der Waals surface area (Å²) in [5.74, 6) is 0. The molecule has 1 rings (SSSR count). The Morgan fingerprint density at radius 3 is 2.46 bits per heavy atom. The molecule has 6 heteroatoms. The summed E-state index contributed by atoms with van der Waals surface area (Å²) >= 11 is 5.51. The van der Waals surface area contributed by atoms with E-state index in [1.165, 1.54) is 6.07 Å². The van der Waals surface area contributed by atoms with E-state index in [1.807, 2.05) is 0 Å². The van der Waals surface area contributed by atoms with E-state index < -0.39 is 15.1 Å². The van der Waals surface area contributed by atoms with Crippen LogP contribution >= 0.6 is 11.6 Å². The molecule has 0 aromatic heterocycles. The smallest absolute Gasteiger partial charge is 0.333 e. The SMILES string of the molecule is Cc1cc(Cl)c(S(=O)(=O)F)cc1N. The van der Waals surface area contributed by atoms with Crippen LogP contribution < -0.4 is 5.73 Å². The highest BCUT2D eigenvalue weighted by Crippen LogP contribution is 2.27. The van der Waals surface area contributed by atoms with Crippen LogP contribution in [0.2, 0.25) is 5.02 Å². The standard InChI is InChI=1S/C7H7ClFNO2S/c1-4-2-5(8)7(3-6(4)10)13(9,11)12/h2-3H,10H2,1H3. The lowest BCUT2D eigenvalue weighted by molar-refractivity contribution is 0.552. The maximum atomic E-state index is 12.5. The number of hydrogen-bond acceptors (Lipinski definition) is 3. The summed E-state index contributed by atoms with van der Waals surface area (Å²) in [6.07, 6.45) is 0. The number of aryl methyl sites for hydroxylation is 1. The van der Waals surface area contributed by atoms with Crippen molar-refractivity contribution in [3.8, 4) is 0 Å². The summed E-state index contributed by atoms with van der Waals surface area (Å²) in [5.41, 5.74) is 6.20. The molecule has 0 atom stereocenters. The first-order chi connectivity index (χ1) is 5.82. The molecule has 0 unspecified atom stereocenters. The summed E-state index contributed by atoms with van der Waals surface area (Å²) in [6.45, 7) is 1.65. The Hall–Kier alpha value is -0.810. The fraction of sp³-hybridized carbons (Fsp3) is 0.143. The minimum atomic E-state index is -4.78. The Balaban J connectivity index is 3.50. The number of benzene rings is 1. The summed E-state index contributed by atoms with van der Waals surface area (Å²) < 4.78 is 33.5. The molecule has 0 aliphatic carbocycles. The summed E-state index contributed by atoms with van der Waals surface area (Å²) in [7, 11) is -4.78. The molecule has 0 saturated heterocycles. The van der Waals surface area contributed by atoms with E-state index in [4.69, 9.17) is 17.3 Å². The van der Waals surface area contributed by atoms with Gasteiger partial charge in [-0.05, 0) is 24.6 Å². The lowest BCUT2D eigenvalue weighted by Gasteiger charge is -2.03. The Labute approximate surface area is 80.5 Å². The third-order valence-electron chi connectivity index (χ3n) is 1.58. The molecule has 0 heterocycles. The normalized spacial score (nSPS) is 11.6. The zero-order chi connectivity index (χ0) is 10.2. The first kappa shape index (κ1) is 10.3. The van der Waals surface area contributed by atoms with Gasteiger partial charge in [0.15, 0.2) is 0 Å². The van der Waals surface area contributed by atoms with Gasteiger partial charge in [0.1, 0.15) is 4.90 Å². The van der Waals surface area contributed by atoms with E-state index in [-0.39, 0.29) is 10.7 Å². The lowest BCUT2D eigenvalue weighted by atomic mass is 10.2. The van der Waals surface area contributed by atoms with Gasteiger partial charge in [0.2, 0.25) is 0 Å². The Bertz CT molecular complexity index is 444. The fourth-order valence-corrected chi connectivity index (χ4v) is 1.91. The molecule has 0 aliphatic heterocycles. The van der Waals surface area contributed by atoms with Crippen molar-refractivity contribution in [1.29, 1.82) is 0 Å². The predicted molar refractivity (Wildman–Crippen MR) is 48.9 cm³/mol. The van der Waals surface area contributed by atoms with Crippen molar-refractivity contribution < 1.29 is 12.3 Å². The van der Waals surface area contributed by atoms with Crippen molar-refractivity contribution in [2.75, 3.05) is 5.73 Å². The van der Waals surface area contributed by atoms with Crippen LogP contribution in [-0.2, 0) is 10.2 Å². The van der Waals surface area contributed by atoms with Crippen LogP contribution in [0.5, 0.6) is 0 Å². The molecule has 1 aromatic carbocycles. The molecule has 0 radical (unpaired) electrons. The third kappa shape index (κ3) is 2.10. The van der Waals surface area contributed by atoms with E-state index >= 15 is 0 Å². The van der Waals surface area contributed by atoms with Gasteiger partial charge in [-0.3, -0.25) is 0 Å². The highest BCUT2D eigenvalue weighted by molar-refractivity contribution is 7.86. The zero-order valence-electron chi connectivity index (χ0n) is 6.71. The Morgan fingerprint density at radius 2 is 2.00 bits per heavy atom. The molecule has 2 N–H and O–H groups in total. The second-order valence-electron chi connectivity index (χ2n) is 2.58. The molecular weight excluding hydrogens is 217 g/mol. The minimum Gasteiger partial charge on any atom is -0.398 e. The van der Waals surface area contributed by atoms with E-state index in [9.17, 15) is 12.3 Å². The monoisotopic (exact) mass is 223 g/mol. The number of hydrogen-bond donors (Lipinski definition) is 1. The molecule has 1 aromatic rings. The molecule has 72 valence electrons. The number of halogens is 2. The second kappa shape index (κ2) is 3.16. The Kier molecular flexibility index (Phi) is 2.49. The molecule has 0 aliphatic rings. The van der Waals surface area contributed by atoms with Crippen LogP contribution in [0, 0.1) is 6.92 Å². The maximum Gasteiger partial charge on any atom is 0.333 e. The number of nitrogens with two attached hydrogens (primary N) is 1. The molecule has 13 heavy (non-hydrogen) atoms. The van der Waals surface area contributed by atoms with Crippen molar-refractivity contribution in [2.24, 2.45) is 0 Å². The average molecular weight is 224 g/mol. The lowest BCUT2D eigenvalue weighted by Crippen LogP contribution is -1.97. The molecule has 0 fully saturated rings. The number of nitrogen functional groups attached to an aromatic ring is 1. The van der Waals surface area contributed by atoms with E-state index in [0.29, 0.717) is 5.56 Å². The second-order valence-corrected chi connectivity index (χ2v) is 4.30. The maximum absolute atomic E-state index is 12.5. The topological polar surface area (TPSA) is 60.2 Å². The van der Waals surface area contributed by atoms with Crippen molar-refractivity contribution >= 4 is 27.5 Å². The molecule has 0 spiro atoms. The first-order valence-corrected chi connectivity index (χ1v) is 5.09. The third-order valence-corrected chi connectivity index (χ3v) is 2.87. The summed E-state index contributed by atoms with van der Waals surface area (Å²) in [4.78, 5) is -0.586. The van der Waals surface area contributed by atoms with Crippen LogP contribution in [0.4, 0.5) is 9.57 Å². The summed E-state index contributed by atoms with van der Waals surface area (Å²) in [6, 6.07) is 2.32. The van der Waals surface area contributed by atoms with Gasteiger partial charge in [0, 0.05) is 5.69 Å². The number of anilines is 1. The van der Waals surface area contributed by atoms with Gasteiger partial charge in [-0.1, -0.05) is 11.6 Å². The van der Waals surface area contributed by atoms with E-state index in [2.05, 4.69) is 0 Å². The first-order valence-electron chi connectivity index (χ1n) is 3.32. The van der Waals surface area contributed by atoms with Gasteiger partial charge in [0.25, 0.3) is 0 Å². The van der Waals surface area contributed by atoms with Gasteiger partial charge in [-0.15, -0.1) is 3.89 Å². The van der Waals surface area contributed by atoms with Crippen LogP contribution in [-0.4, -0.2) is 8.42 Å². The number of rotatable bonds is 1. The van der Waals surface area contributed by atoms with Crippen molar-refractivity contribution in [3.05, 3.63) is 22.7 Å². The van der Waals surface area contributed by atoms with E-state index in [0.717, 1.165) is 6.07 Å². The predicted octanol–water partition coefficient (Wildman–Crippen LogP) is 1.89. The van der Waals surface area contributed by atoms with Gasteiger partial charge in [-0.25, -0.2) is 0 Å². The largest absolute Gasteiger partial charge is 0.398 e. The van der Waals surface area contributed by atoms with Crippen molar-refractivity contribution in [1.82, 2.24) is 0 Å². The van der Waals surface area contributed by atoms with Gasteiger partial charge >= 0.3 is 10.2 Å². The molecule has 0 saturated carbocycles. The van der Waals surface area contributed by atoms with Crippen LogP contribution in [0.15, 0.2) is 17.0 Å².